The second-order valence-corrected chi connectivity index (χ2v) is 6.01. The summed E-state index contributed by atoms with van der Waals surface area (Å²) in [5, 5.41) is 9.54. The molecule has 0 spiro atoms. The molecule has 0 saturated carbocycles. The Bertz CT molecular complexity index is 887. The zero-order valence-corrected chi connectivity index (χ0v) is 13.3. The topological polar surface area (TPSA) is 59.4 Å². The lowest BCUT2D eigenvalue weighted by atomic mass is 10.1. The maximum Gasteiger partial charge on any atom is 0.573 e. The minimum Gasteiger partial charge on any atom is -0.478 e. The van der Waals surface area contributed by atoms with Crippen LogP contribution in [-0.2, 0) is 0 Å². The molecule has 0 saturated heterocycles. The molecule has 0 aliphatic rings. The summed E-state index contributed by atoms with van der Waals surface area (Å²) in [6.07, 6.45) is -3.09. The van der Waals surface area contributed by atoms with Crippen molar-refractivity contribution in [3.8, 4) is 26.8 Å². The van der Waals surface area contributed by atoms with Gasteiger partial charge in [0.25, 0.3) is 0 Å². The van der Waals surface area contributed by atoms with Crippen molar-refractivity contribution in [2.24, 2.45) is 0 Å². The van der Waals surface area contributed by atoms with Gasteiger partial charge >= 0.3 is 12.3 Å². The Morgan fingerprint density at radius 1 is 1.00 bits per heavy atom. The van der Waals surface area contributed by atoms with Crippen LogP contribution in [0.2, 0.25) is 0 Å². The molecule has 0 amide bonds. The number of carbonyl (C=O) groups is 1. The minimum absolute atomic E-state index is 0.189. The van der Waals surface area contributed by atoms with E-state index in [0.717, 1.165) is 10.4 Å². The Morgan fingerprint density at radius 3 is 2.16 bits per heavy atom. The SMILES string of the molecule is O=C(O)c1ccc(-c2cnc(-c3ccc(OC(F)(F)F)cc3)s2)cc1. The number of hydrogen-bond acceptors (Lipinski definition) is 4. The quantitative estimate of drug-likeness (QED) is 0.701. The van der Waals surface area contributed by atoms with Gasteiger partial charge in [0.2, 0.25) is 0 Å². The first kappa shape index (κ1) is 17.0. The molecule has 3 aromatic rings. The van der Waals surface area contributed by atoms with Gasteiger partial charge in [-0.15, -0.1) is 24.5 Å². The van der Waals surface area contributed by atoms with Crippen LogP contribution >= 0.6 is 11.3 Å². The van der Waals surface area contributed by atoms with Crippen LogP contribution in [0.15, 0.2) is 54.7 Å². The highest BCUT2D eigenvalue weighted by Crippen LogP contribution is 2.33. The number of carboxylic acids is 1. The van der Waals surface area contributed by atoms with E-state index in [-0.39, 0.29) is 11.3 Å². The average Bonchev–Trinajstić information content (AvgIpc) is 3.04. The van der Waals surface area contributed by atoms with Gasteiger partial charge in [0.05, 0.1) is 10.4 Å². The van der Waals surface area contributed by atoms with Crippen LogP contribution in [0.5, 0.6) is 5.75 Å². The molecule has 128 valence electrons. The Labute approximate surface area is 144 Å². The molecule has 0 unspecified atom stereocenters. The summed E-state index contributed by atoms with van der Waals surface area (Å²) in [4.78, 5) is 15.9. The lowest BCUT2D eigenvalue weighted by molar-refractivity contribution is -0.274. The van der Waals surface area contributed by atoms with E-state index in [9.17, 15) is 18.0 Å². The van der Waals surface area contributed by atoms with Crippen LogP contribution in [0, 0.1) is 0 Å². The van der Waals surface area contributed by atoms with E-state index in [1.54, 1.807) is 18.3 Å². The van der Waals surface area contributed by atoms with Gasteiger partial charge in [-0.05, 0) is 42.0 Å². The molecule has 2 aromatic carbocycles. The third-order valence-corrected chi connectivity index (χ3v) is 4.35. The third-order valence-electron chi connectivity index (χ3n) is 3.26. The lowest BCUT2D eigenvalue weighted by Gasteiger charge is -2.08. The first-order chi connectivity index (χ1) is 11.8. The molecule has 0 fully saturated rings. The van der Waals surface area contributed by atoms with Crippen molar-refractivity contribution in [2.45, 2.75) is 6.36 Å². The van der Waals surface area contributed by atoms with Crippen LogP contribution in [0.25, 0.3) is 21.0 Å². The number of nitrogens with zero attached hydrogens (tertiary/aromatic N) is 1. The van der Waals surface area contributed by atoms with E-state index < -0.39 is 12.3 Å². The smallest absolute Gasteiger partial charge is 0.478 e. The van der Waals surface area contributed by atoms with E-state index in [0.29, 0.717) is 10.6 Å². The van der Waals surface area contributed by atoms with Crippen LogP contribution in [0.4, 0.5) is 13.2 Å². The van der Waals surface area contributed by atoms with Crippen molar-refractivity contribution in [3.05, 3.63) is 60.3 Å². The summed E-state index contributed by atoms with van der Waals surface area (Å²) < 4.78 is 40.3. The summed E-state index contributed by atoms with van der Waals surface area (Å²) in [5.41, 5.74) is 1.66. The van der Waals surface area contributed by atoms with E-state index in [1.807, 2.05) is 0 Å². The van der Waals surface area contributed by atoms with Gasteiger partial charge in [0.1, 0.15) is 10.8 Å². The van der Waals surface area contributed by atoms with Crippen LogP contribution in [0.1, 0.15) is 10.4 Å². The number of benzene rings is 2. The van der Waals surface area contributed by atoms with Crippen molar-refractivity contribution in [1.82, 2.24) is 4.98 Å². The number of alkyl halides is 3. The van der Waals surface area contributed by atoms with Gasteiger partial charge in [-0.3, -0.25) is 0 Å². The van der Waals surface area contributed by atoms with Crippen LogP contribution < -0.4 is 4.74 Å². The summed E-state index contributed by atoms with van der Waals surface area (Å²) in [6, 6.07) is 11.8. The molecule has 1 aromatic heterocycles. The summed E-state index contributed by atoms with van der Waals surface area (Å²) >= 11 is 1.35. The molecule has 1 N–H and O–H groups in total. The van der Waals surface area contributed by atoms with E-state index >= 15 is 0 Å². The number of carboxylic acid groups (broad SMARTS) is 1. The predicted octanol–water partition coefficient (Wildman–Crippen LogP) is 5.07. The summed E-state index contributed by atoms with van der Waals surface area (Å²) in [6.45, 7) is 0. The number of aromatic carboxylic acids is 1. The lowest BCUT2D eigenvalue weighted by Crippen LogP contribution is -2.16. The number of rotatable bonds is 4. The maximum atomic E-state index is 12.2. The zero-order valence-electron chi connectivity index (χ0n) is 12.4. The first-order valence-electron chi connectivity index (χ1n) is 6.97. The van der Waals surface area contributed by atoms with Crippen molar-refractivity contribution in [2.75, 3.05) is 0 Å². The Hall–Kier alpha value is -2.87. The highest BCUT2D eigenvalue weighted by atomic mass is 32.1. The monoisotopic (exact) mass is 365 g/mol. The Kier molecular flexibility index (Phi) is 4.45. The molecule has 25 heavy (non-hydrogen) atoms. The Morgan fingerprint density at radius 2 is 1.60 bits per heavy atom. The second kappa shape index (κ2) is 6.56. The highest BCUT2D eigenvalue weighted by molar-refractivity contribution is 7.18. The fourth-order valence-corrected chi connectivity index (χ4v) is 3.04. The van der Waals surface area contributed by atoms with Crippen LogP contribution in [0.3, 0.4) is 0 Å². The minimum atomic E-state index is -4.72. The number of ether oxygens (including phenoxy) is 1. The van der Waals surface area contributed by atoms with Crippen molar-refractivity contribution in [1.29, 1.82) is 0 Å². The van der Waals surface area contributed by atoms with Gasteiger partial charge < -0.3 is 9.84 Å². The van der Waals surface area contributed by atoms with Crippen molar-refractivity contribution in [3.63, 3.8) is 0 Å². The molecule has 0 aliphatic heterocycles. The molecule has 4 nitrogen and oxygen atoms in total. The van der Waals surface area contributed by atoms with Crippen LogP contribution in [-0.4, -0.2) is 22.4 Å². The molecule has 0 bridgehead atoms. The summed E-state index contributed by atoms with van der Waals surface area (Å²) in [5.74, 6) is -1.30. The molecule has 0 atom stereocenters. The first-order valence-corrected chi connectivity index (χ1v) is 7.79. The van der Waals surface area contributed by atoms with Crippen molar-refractivity contribution >= 4 is 17.3 Å². The average molecular weight is 365 g/mol. The molecule has 0 aliphatic carbocycles. The summed E-state index contributed by atoms with van der Waals surface area (Å²) in [7, 11) is 0. The predicted molar refractivity (Wildman–Crippen MR) is 86.6 cm³/mol. The molecular formula is C17H10F3NO3S. The normalized spacial score (nSPS) is 11.3. The number of aromatic nitrogens is 1. The maximum absolute atomic E-state index is 12.2. The van der Waals surface area contributed by atoms with Gasteiger partial charge in [0.15, 0.2) is 0 Å². The van der Waals surface area contributed by atoms with E-state index in [4.69, 9.17) is 5.11 Å². The van der Waals surface area contributed by atoms with E-state index in [1.165, 1.54) is 47.7 Å². The fraction of sp³-hybridized carbons (Fsp3) is 0.0588. The molecular weight excluding hydrogens is 355 g/mol. The number of thiazole rings is 1. The standard InChI is InChI=1S/C17H10F3NO3S/c18-17(19,20)24-13-7-5-11(6-8-13)15-21-9-14(25-15)10-1-3-12(4-2-10)16(22)23/h1-9H,(H,22,23). The molecule has 8 heteroatoms. The number of hydrogen-bond donors (Lipinski definition) is 1. The highest BCUT2D eigenvalue weighted by Gasteiger charge is 2.31. The fourth-order valence-electron chi connectivity index (χ4n) is 2.12. The molecule has 1 heterocycles. The Balaban J connectivity index is 1.80. The zero-order chi connectivity index (χ0) is 18.0. The molecule has 3 rings (SSSR count). The van der Waals surface area contributed by atoms with E-state index in [2.05, 4.69) is 9.72 Å². The van der Waals surface area contributed by atoms with Gasteiger partial charge in [0, 0.05) is 11.8 Å². The second-order valence-electron chi connectivity index (χ2n) is 4.98. The molecule has 0 radical (unpaired) electrons. The largest absolute Gasteiger partial charge is 0.573 e. The van der Waals surface area contributed by atoms with Gasteiger partial charge in [-0.2, -0.15) is 0 Å². The van der Waals surface area contributed by atoms with Crippen molar-refractivity contribution < 1.29 is 27.8 Å². The number of halogens is 3. The third kappa shape index (κ3) is 4.16. The van der Waals surface area contributed by atoms with Gasteiger partial charge in [-0.25, -0.2) is 9.78 Å². The van der Waals surface area contributed by atoms with Gasteiger partial charge in [-0.1, -0.05) is 12.1 Å².